The molecular formula is C7H14N2-. The van der Waals surface area contributed by atoms with Crippen molar-refractivity contribution in [1.82, 2.24) is 10.2 Å². The summed E-state index contributed by atoms with van der Waals surface area (Å²) in [6.07, 6.45) is 2.39. The highest BCUT2D eigenvalue weighted by Crippen LogP contribution is 2.07. The van der Waals surface area contributed by atoms with Crippen molar-refractivity contribution in [2.75, 3.05) is 20.1 Å². The SMILES string of the molecule is [CH2-][N]C1CCN(C)CC1. The summed E-state index contributed by atoms with van der Waals surface area (Å²) in [5.41, 5.74) is 0. The molecule has 0 aromatic rings. The molecule has 9 heavy (non-hydrogen) atoms. The first kappa shape index (κ1) is 7.03. The van der Waals surface area contributed by atoms with E-state index < -0.39 is 0 Å². The van der Waals surface area contributed by atoms with Crippen LogP contribution >= 0.6 is 0 Å². The Morgan fingerprint density at radius 3 is 2.44 bits per heavy atom. The molecule has 0 N–H and O–H groups in total. The molecule has 1 rings (SSSR count). The lowest BCUT2D eigenvalue weighted by atomic mass is 10.1. The van der Waals surface area contributed by atoms with Crippen LogP contribution in [0.5, 0.6) is 0 Å². The first-order valence-electron chi connectivity index (χ1n) is 3.47. The maximum Gasteiger partial charge on any atom is -0.000735 e. The maximum atomic E-state index is 4.01. The Bertz CT molecular complexity index is 75.0. The summed E-state index contributed by atoms with van der Waals surface area (Å²) < 4.78 is 0. The van der Waals surface area contributed by atoms with Crippen LogP contribution in [0.15, 0.2) is 0 Å². The van der Waals surface area contributed by atoms with Crippen LogP contribution in [0, 0.1) is 7.05 Å². The Hall–Kier alpha value is -0.0800. The van der Waals surface area contributed by atoms with E-state index in [4.69, 9.17) is 0 Å². The van der Waals surface area contributed by atoms with Crippen LogP contribution in [-0.2, 0) is 0 Å². The summed E-state index contributed by atoms with van der Waals surface area (Å²) in [5.74, 6) is 0. The van der Waals surface area contributed by atoms with Crippen LogP contribution in [0.4, 0.5) is 0 Å². The van der Waals surface area contributed by atoms with Crippen molar-refractivity contribution in [1.29, 1.82) is 0 Å². The zero-order valence-electron chi connectivity index (χ0n) is 6.01. The van der Waals surface area contributed by atoms with E-state index in [-0.39, 0.29) is 0 Å². The van der Waals surface area contributed by atoms with Crippen LogP contribution in [-0.4, -0.2) is 31.1 Å². The van der Waals surface area contributed by atoms with Gasteiger partial charge in [0.25, 0.3) is 0 Å². The highest BCUT2D eigenvalue weighted by atomic mass is 15.1. The van der Waals surface area contributed by atoms with Crippen molar-refractivity contribution >= 4 is 0 Å². The average Bonchev–Trinajstić information content (AvgIpc) is 1.90. The molecular weight excluding hydrogens is 112 g/mol. The normalized spacial score (nSPS) is 24.7. The van der Waals surface area contributed by atoms with Gasteiger partial charge in [0, 0.05) is 0 Å². The van der Waals surface area contributed by atoms with Gasteiger partial charge in [-0.2, -0.15) is 0 Å². The number of hydrogen-bond acceptors (Lipinski definition) is 1. The van der Waals surface area contributed by atoms with Crippen LogP contribution < -0.4 is 5.32 Å². The van der Waals surface area contributed by atoms with Gasteiger partial charge < -0.3 is 10.2 Å². The third-order valence-corrected chi connectivity index (χ3v) is 1.95. The van der Waals surface area contributed by atoms with Gasteiger partial charge in [0.1, 0.15) is 0 Å². The molecule has 1 aliphatic rings. The van der Waals surface area contributed by atoms with Crippen molar-refractivity contribution in [3.05, 3.63) is 7.05 Å². The quantitative estimate of drug-likeness (QED) is 0.467. The standard InChI is InChI=1S/C7H14N2/c1-8-7-3-5-9(2)6-4-7/h7H,1,3-6H2,2H3/q-1. The molecule has 1 fully saturated rings. The monoisotopic (exact) mass is 126 g/mol. The molecule has 2 heteroatoms. The second kappa shape index (κ2) is 3.18. The second-order valence-electron chi connectivity index (χ2n) is 2.72. The smallest absolute Gasteiger partial charge is 0.000735 e. The summed E-state index contributed by atoms with van der Waals surface area (Å²) in [7, 11) is 5.69. The van der Waals surface area contributed by atoms with Gasteiger partial charge in [0.15, 0.2) is 0 Å². The Kier molecular flexibility index (Phi) is 2.49. The fourth-order valence-electron chi connectivity index (χ4n) is 1.18. The molecule has 0 saturated carbocycles. The van der Waals surface area contributed by atoms with Crippen molar-refractivity contribution in [2.45, 2.75) is 18.9 Å². The largest absolute Gasteiger partial charge is 0.421 e. The summed E-state index contributed by atoms with van der Waals surface area (Å²) in [4.78, 5) is 2.34. The van der Waals surface area contributed by atoms with Gasteiger partial charge in [-0.15, -0.1) is 0 Å². The molecule has 0 aromatic heterocycles. The lowest BCUT2D eigenvalue weighted by Crippen LogP contribution is -2.35. The average molecular weight is 126 g/mol. The van der Waals surface area contributed by atoms with Crippen LogP contribution in [0.25, 0.3) is 0 Å². The minimum Gasteiger partial charge on any atom is -0.421 e. The number of hydrogen-bond donors (Lipinski definition) is 0. The lowest BCUT2D eigenvalue weighted by Gasteiger charge is -2.29. The molecule has 0 aliphatic carbocycles. The van der Waals surface area contributed by atoms with Gasteiger partial charge in [-0.05, 0) is 39.0 Å². The zero-order valence-corrected chi connectivity index (χ0v) is 6.01. The number of piperidine rings is 1. The van der Waals surface area contributed by atoms with Crippen molar-refractivity contribution in [3.63, 3.8) is 0 Å². The van der Waals surface area contributed by atoms with Crippen LogP contribution in [0.3, 0.4) is 0 Å². The molecule has 1 saturated heterocycles. The van der Waals surface area contributed by atoms with Gasteiger partial charge >= 0.3 is 0 Å². The van der Waals surface area contributed by atoms with Gasteiger partial charge in [0.05, 0.1) is 0 Å². The highest BCUT2D eigenvalue weighted by Gasteiger charge is 2.12. The number of rotatable bonds is 1. The Morgan fingerprint density at radius 1 is 1.44 bits per heavy atom. The van der Waals surface area contributed by atoms with E-state index in [2.05, 4.69) is 24.3 Å². The highest BCUT2D eigenvalue weighted by molar-refractivity contribution is 4.74. The van der Waals surface area contributed by atoms with Crippen LogP contribution in [0.1, 0.15) is 12.8 Å². The maximum absolute atomic E-state index is 4.01. The molecule has 2 nitrogen and oxygen atoms in total. The number of nitrogens with zero attached hydrogens (tertiary/aromatic N) is 2. The van der Waals surface area contributed by atoms with E-state index in [9.17, 15) is 0 Å². The topological polar surface area (TPSA) is 17.3 Å². The zero-order chi connectivity index (χ0) is 6.69. The van der Waals surface area contributed by atoms with Crippen molar-refractivity contribution in [2.24, 2.45) is 0 Å². The third kappa shape index (κ3) is 1.95. The van der Waals surface area contributed by atoms with E-state index in [0.717, 1.165) is 0 Å². The second-order valence-corrected chi connectivity index (χ2v) is 2.72. The van der Waals surface area contributed by atoms with Gasteiger partial charge in [-0.1, -0.05) is 0 Å². The molecule has 0 amide bonds. The summed E-state index contributed by atoms with van der Waals surface area (Å²) in [6, 6.07) is 0.543. The minimum absolute atomic E-state index is 0.543. The van der Waals surface area contributed by atoms with Gasteiger partial charge in [-0.25, -0.2) is 0 Å². The molecule has 0 spiro atoms. The number of likely N-dealkylation sites (tertiary alicyclic amines) is 1. The predicted octanol–water partition coefficient (Wildman–Crippen LogP) is 0.477. The van der Waals surface area contributed by atoms with E-state index in [1.807, 2.05) is 0 Å². The predicted molar refractivity (Wildman–Crippen MR) is 38.0 cm³/mol. The van der Waals surface area contributed by atoms with Gasteiger partial charge in [0.2, 0.25) is 0 Å². The third-order valence-electron chi connectivity index (χ3n) is 1.95. The molecule has 0 unspecified atom stereocenters. The van der Waals surface area contributed by atoms with Crippen molar-refractivity contribution < 1.29 is 0 Å². The summed E-state index contributed by atoms with van der Waals surface area (Å²) >= 11 is 0. The summed E-state index contributed by atoms with van der Waals surface area (Å²) in [5, 5.41) is 4.01. The fraction of sp³-hybridized carbons (Fsp3) is 0.857. The Labute approximate surface area is 57.2 Å². The minimum atomic E-state index is 0.543. The first-order chi connectivity index (χ1) is 4.33. The Balaban J connectivity index is 2.18. The molecule has 1 radical (unpaired) electrons. The van der Waals surface area contributed by atoms with E-state index in [1.54, 1.807) is 0 Å². The van der Waals surface area contributed by atoms with E-state index in [1.165, 1.54) is 25.9 Å². The Morgan fingerprint density at radius 2 is 2.00 bits per heavy atom. The first-order valence-corrected chi connectivity index (χ1v) is 3.47. The fourth-order valence-corrected chi connectivity index (χ4v) is 1.18. The van der Waals surface area contributed by atoms with Gasteiger partial charge in [-0.3, -0.25) is 7.05 Å². The summed E-state index contributed by atoms with van der Waals surface area (Å²) in [6.45, 7) is 2.37. The molecule has 53 valence electrons. The molecule has 1 heterocycles. The lowest BCUT2D eigenvalue weighted by molar-refractivity contribution is 0.242. The van der Waals surface area contributed by atoms with E-state index in [0.29, 0.717) is 6.04 Å². The van der Waals surface area contributed by atoms with Crippen LogP contribution in [0.2, 0.25) is 0 Å². The molecule has 0 aromatic carbocycles. The molecule has 0 atom stereocenters. The van der Waals surface area contributed by atoms with E-state index >= 15 is 0 Å². The van der Waals surface area contributed by atoms with Crippen molar-refractivity contribution in [3.8, 4) is 0 Å². The molecule has 0 bridgehead atoms. The molecule has 1 aliphatic heterocycles.